The molecule has 4 N–H and O–H groups in total. The molecule has 8 nitrogen and oxygen atoms in total. The Morgan fingerprint density at radius 1 is 1.07 bits per heavy atom. The number of pyridine rings is 1. The minimum atomic E-state index is -3.99. The molecule has 0 aliphatic heterocycles. The minimum absolute atomic E-state index is 0.106. The van der Waals surface area contributed by atoms with Crippen molar-refractivity contribution >= 4 is 38.9 Å². The van der Waals surface area contributed by atoms with E-state index in [1.165, 1.54) is 36.5 Å². The van der Waals surface area contributed by atoms with E-state index in [1.807, 2.05) is 0 Å². The monoisotopic (exact) mass is 419 g/mol. The second-order valence-corrected chi connectivity index (χ2v) is 7.81. The molecular formula is C18H14ClN3O5S. The van der Waals surface area contributed by atoms with Gasteiger partial charge in [-0.2, -0.15) is 0 Å². The van der Waals surface area contributed by atoms with E-state index in [2.05, 4.69) is 15.0 Å². The van der Waals surface area contributed by atoms with Gasteiger partial charge in [0.2, 0.25) is 5.56 Å². The molecular weight excluding hydrogens is 406 g/mol. The maximum atomic E-state index is 12.6. The van der Waals surface area contributed by atoms with Gasteiger partial charge in [-0.3, -0.25) is 14.3 Å². The number of carbonyl (C=O) groups is 1. The molecule has 1 heterocycles. The van der Waals surface area contributed by atoms with E-state index >= 15 is 0 Å². The number of phenols is 1. The number of H-pyrrole nitrogens is 1. The van der Waals surface area contributed by atoms with Crippen molar-refractivity contribution in [3.05, 3.63) is 81.7 Å². The highest BCUT2D eigenvalue weighted by atomic mass is 35.5. The van der Waals surface area contributed by atoms with E-state index in [9.17, 15) is 23.1 Å². The van der Waals surface area contributed by atoms with Crippen molar-refractivity contribution < 1.29 is 18.3 Å². The van der Waals surface area contributed by atoms with Crippen LogP contribution in [-0.4, -0.2) is 24.4 Å². The molecule has 0 bridgehead atoms. The van der Waals surface area contributed by atoms with Crippen LogP contribution in [0.4, 0.5) is 11.4 Å². The number of hydrogen-bond acceptors (Lipinski definition) is 5. The molecule has 0 aliphatic carbocycles. The fraction of sp³-hybridized carbons (Fsp3) is 0. The number of anilines is 2. The second kappa shape index (κ2) is 7.75. The van der Waals surface area contributed by atoms with Crippen LogP contribution < -0.4 is 15.6 Å². The molecule has 0 saturated carbocycles. The molecule has 0 atom stereocenters. The molecule has 0 saturated heterocycles. The van der Waals surface area contributed by atoms with Crippen LogP contribution in [0.25, 0.3) is 0 Å². The van der Waals surface area contributed by atoms with Gasteiger partial charge in [0.1, 0.15) is 5.75 Å². The van der Waals surface area contributed by atoms with Crippen LogP contribution in [-0.2, 0) is 10.0 Å². The lowest BCUT2D eigenvalue weighted by Gasteiger charge is -2.12. The van der Waals surface area contributed by atoms with E-state index < -0.39 is 15.9 Å². The molecule has 0 unspecified atom stereocenters. The van der Waals surface area contributed by atoms with Crippen LogP contribution in [0.5, 0.6) is 5.75 Å². The Bertz CT molecular complexity index is 1190. The third kappa shape index (κ3) is 4.51. The summed E-state index contributed by atoms with van der Waals surface area (Å²) in [5, 5.41) is 12.7. The topological polar surface area (TPSA) is 128 Å². The van der Waals surface area contributed by atoms with Gasteiger partial charge in [-0.1, -0.05) is 17.7 Å². The Balaban J connectivity index is 1.87. The first kappa shape index (κ1) is 19.5. The van der Waals surface area contributed by atoms with Crippen molar-refractivity contribution in [2.45, 2.75) is 4.90 Å². The van der Waals surface area contributed by atoms with Crippen molar-refractivity contribution in [2.75, 3.05) is 10.0 Å². The van der Waals surface area contributed by atoms with E-state index in [0.717, 1.165) is 12.1 Å². The summed E-state index contributed by atoms with van der Waals surface area (Å²) in [5.41, 5.74) is -0.0894. The van der Waals surface area contributed by atoms with E-state index in [0.29, 0.717) is 5.02 Å². The molecule has 28 heavy (non-hydrogen) atoms. The first-order valence-corrected chi connectivity index (χ1v) is 9.72. The summed E-state index contributed by atoms with van der Waals surface area (Å²) < 4.78 is 27.5. The van der Waals surface area contributed by atoms with Gasteiger partial charge in [0.25, 0.3) is 15.9 Å². The van der Waals surface area contributed by atoms with Gasteiger partial charge in [0, 0.05) is 17.3 Å². The Kier molecular flexibility index (Phi) is 5.39. The lowest BCUT2D eigenvalue weighted by molar-refractivity contribution is 0.102. The number of aromatic nitrogens is 1. The Morgan fingerprint density at radius 3 is 2.54 bits per heavy atom. The summed E-state index contributed by atoms with van der Waals surface area (Å²) in [5.74, 6) is -0.955. The smallest absolute Gasteiger partial charge is 0.261 e. The van der Waals surface area contributed by atoms with Crippen LogP contribution >= 0.6 is 11.6 Å². The average Bonchev–Trinajstić information content (AvgIpc) is 2.63. The summed E-state index contributed by atoms with van der Waals surface area (Å²) in [4.78, 5) is 25.5. The lowest BCUT2D eigenvalue weighted by atomic mass is 10.2. The highest BCUT2D eigenvalue weighted by molar-refractivity contribution is 7.92. The zero-order chi connectivity index (χ0) is 20.3. The van der Waals surface area contributed by atoms with Gasteiger partial charge in [-0.25, -0.2) is 8.42 Å². The molecule has 3 rings (SSSR count). The van der Waals surface area contributed by atoms with Crippen molar-refractivity contribution in [1.82, 2.24) is 4.98 Å². The van der Waals surface area contributed by atoms with Crippen molar-refractivity contribution in [2.24, 2.45) is 0 Å². The van der Waals surface area contributed by atoms with E-state index in [-0.39, 0.29) is 33.1 Å². The Labute approximate surface area is 164 Å². The van der Waals surface area contributed by atoms with Gasteiger partial charge in [-0.05, 0) is 42.5 Å². The second-order valence-electron chi connectivity index (χ2n) is 5.69. The third-order valence-corrected chi connectivity index (χ3v) is 5.26. The molecule has 0 aliphatic rings. The maximum Gasteiger partial charge on any atom is 0.261 e. The number of benzene rings is 2. The fourth-order valence-electron chi connectivity index (χ4n) is 2.29. The molecule has 0 radical (unpaired) electrons. The van der Waals surface area contributed by atoms with Gasteiger partial charge < -0.3 is 15.4 Å². The van der Waals surface area contributed by atoms with Crippen molar-refractivity contribution in [3.8, 4) is 5.75 Å². The van der Waals surface area contributed by atoms with E-state index in [1.54, 1.807) is 12.1 Å². The highest BCUT2D eigenvalue weighted by Gasteiger charge is 2.18. The standard InChI is InChI=1S/C18H14ClN3O5S/c19-12-2-1-3-13(8-12)22-28(26,27)14-5-6-16(23)15(9-14)21-18(25)11-4-7-17(24)20-10-11/h1-10,22-23H,(H,20,24)(H,21,25). The van der Waals surface area contributed by atoms with Crippen LogP contribution in [0.2, 0.25) is 5.02 Å². The van der Waals surface area contributed by atoms with Crippen LogP contribution in [0.3, 0.4) is 0 Å². The molecule has 144 valence electrons. The number of aromatic hydroxyl groups is 1. The average molecular weight is 420 g/mol. The third-order valence-electron chi connectivity index (χ3n) is 3.65. The number of phenolic OH excluding ortho intramolecular Hbond substituents is 1. The zero-order valence-corrected chi connectivity index (χ0v) is 15.7. The normalized spacial score (nSPS) is 11.0. The largest absolute Gasteiger partial charge is 0.506 e. The number of amides is 1. The molecule has 1 aromatic heterocycles. The van der Waals surface area contributed by atoms with Gasteiger partial charge in [0.15, 0.2) is 0 Å². The number of rotatable bonds is 5. The minimum Gasteiger partial charge on any atom is -0.506 e. The quantitative estimate of drug-likeness (QED) is 0.473. The van der Waals surface area contributed by atoms with Crippen LogP contribution in [0.15, 0.2) is 70.5 Å². The van der Waals surface area contributed by atoms with Gasteiger partial charge in [-0.15, -0.1) is 0 Å². The molecule has 3 aromatic rings. The molecule has 0 fully saturated rings. The van der Waals surface area contributed by atoms with E-state index in [4.69, 9.17) is 11.6 Å². The summed E-state index contributed by atoms with van der Waals surface area (Å²) in [6.45, 7) is 0. The summed E-state index contributed by atoms with van der Waals surface area (Å²) in [6.07, 6.45) is 1.20. The van der Waals surface area contributed by atoms with Crippen LogP contribution in [0, 0.1) is 0 Å². The number of nitrogens with one attached hydrogen (secondary N) is 3. The zero-order valence-electron chi connectivity index (χ0n) is 14.1. The maximum absolute atomic E-state index is 12.6. The number of sulfonamides is 1. The molecule has 10 heteroatoms. The molecule has 0 spiro atoms. The van der Waals surface area contributed by atoms with Crippen molar-refractivity contribution in [3.63, 3.8) is 0 Å². The summed E-state index contributed by atoms with van der Waals surface area (Å²) >= 11 is 5.85. The summed E-state index contributed by atoms with van der Waals surface area (Å²) in [7, 11) is -3.99. The number of carbonyl (C=O) groups excluding carboxylic acids is 1. The predicted octanol–water partition coefficient (Wildman–Crippen LogP) is 2.79. The number of halogens is 1. The Hall–Kier alpha value is -3.30. The fourth-order valence-corrected chi connectivity index (χ4v) is 3.56. The summed E-state index contributed by atoms with van der Waals surface area (Å²) in [6, 6.07) is 12.1. The lowest BCUT2D eigenvalue weighted by Crippen LogP contribution is -2.16. The molecule has 1 amide bonds. The number of aromatic amines is 1. The van der Waals surface area contributed by atoms with Crippen molar-refractivity contribution in [1.29, 1.82) is 0 Å². The first-order valence-electron chi connectivity index (χ1n) is 7.86. The Morgan fingerprint density at radius 2 is 1.86 bits per heavy atom. The first-order chi connectivity index (χ1) is 13.2. The SMILES string of the molecule is O=C(Nc1cc(S(=O)(=O)Nc2cccc(Cl)c2)ccc1O)c1ccc(=O)[nH]c1. The van der Waals surface area contributed by atoms with Gasteiger partial charge >= 0.3 is 0 Å². The predicted molar refractivity (Wildman–Crippen MR) is 105 cm³/mol. The number of hydrogen-bond donors (Lipinski definition) is 4. The van der Waals surface area contributed by atoms with Crippen LogP contribution in [0.1, 0.15) is 10.4 Å². The molecule has 2 aromatic carbocycles. The highest BCUT2D eigenvalue weighted by Crippen LogP contribution is 2.28. The van der Waals surface area contributed by atoms with Gasteiger partial charge in [0.05, 0.1) is 21.8 Å².